The molecule has 1 aromatic rings. The molecule has 0 N–H and O–H groups in total. The number of hydrogen-bond acceptors (Lipinski definition) is 2. The Kier molecular flexibility index (Phi) is 3.48. The van der Waals surface area contributed by atoms with Gasteiger partial charge in [-0.15, -0.1) is 0 Å². The minimum Gasteiger partial charge on any atom is -0.429 e. The minimum atomic E-state index is 0.295. The van der Waals surface area contributed by atoms with Gasteiger partial charge in [0.15, 0.2) is 0 Å². The quantitative estimate of drug-likeness (QED) is 0.572. The molecule has 1 aromatic carbocycles. The molecule has 0 aromatic heterocycles. The normalized spacial score (nSPS) is 13.8. The van der Waals surface area contributed by atoms with Crippen LogP contribution in [-0.4, -0.2) is 0 Å². The molecule has 0 aliphatic carbocycles. The molecular formula is C12H18OS. The van der Waals surface area contributed by atoms with E-state index in [-0.39, 0.29) is 0 Å². The summed E-state index contributed by atoms with van der Waals surface area (Å²) >= 11 is 3.75. The van der Waals surface area contributed by atoms with Crippen LogP contribution in [0.25, 0.3) is 0 Å². The van der Waals surface area contributed by atoms with Gasteiger partial charge in [0.1, 0.15) is 5.75 Å². The first kappa shape index (κ1) is 11.4. The van der Waals surface area contributed by atoms with Gasteiger partial charge in [0.25, 0.3) is 0 Å². The molecule has 0 radical (unpaired) electrons. The molecule has 0 bridgehead atoms. The van der Waals surface area contributed by atoms with Crippen molar-refractivity contribution in [3.8, 4) is 5.75 Å². The van der Waals surface area contributed by atoms with Crippen LogP contribution in [0.15, 0.2) is 24.3 Å². The molecule has 0 saturated heterocycles. The Morgan fingerprint density at radius 1 is 1.14 bits per heavy atom. The lowest BCUT2D eigenvalue weighted by Crippen LogP contribution is -2.14. The summed E-state index contributed by atoms with van der Waals surface area (Å²) in [5, 5.41) is 0. The molecule has 1 nitrogen and oxygen atoms in total. The van der Waals surface area contributed by atoms with E-state index >= 15 is 0 Å². The fourth-order valence-electron chi connectivity index (χ4n) is 1.32. The van der Waals surface area contributed by atoms with Crippen molar-refractivity contribution in [2.75, 3.05) is 0 Å². The van der Waals surface area contributed by atoms with Gasteiger partial charge in [0.2, 0.25) is 0 Å². The number of thiol groups is 1. The Morgan fingerprint density at radius 3 is 2.00 bits per heavy atom. The van der Waals surface area contributed by atoms with E-state index in [9.17, 15) is 0 Å². The zero-order chi connectivity index (χ0) is 10.8. The van der Waals surface area contributed by atoms with E-state index in [4.69, 9.17) is 4.18 Å². The predicted molar refractivity (Wildman–Crippen MR) is 63.9 cm³/mol. The van der Waals surface area contributed by atoms with Gasteiger partial charge in [0, 0.05) is 12.9 Å². The maximum absolute atomic E-state index is 4.83. The van der Waals surface area contributed by atoms with Gasteiger partial charge >= 0.3 is 0 Å². The first-order valence-electron chi connectivity index (χ1n) is 4.86. The van der Waals surface area contributed by atoms with Gasteiger partial charge in [-0.05, 0) is 29.0 Å². The summed E-state index contributed by atoms with van der Waals surface area (Å²) in [7, 11) is 0. The summed E-state index contributed by atoms with van der Waals surface area (Å²) in [4.78, 5) is 0. The highest BCUT2D eigenvalue weighted by Crippen LogP contribution is 2.34. The monoisotopic (exact) mass is 210 g/mol. The van der Waals surface area contributed by atoms with Crippen molar-refractivity contribution in [3.63, 3.8) is 0 Å². The largest absolute Gasteiger partial charge is 0.429 e. The van der Waals surface area contributed by atoms with Crippen LogP contribution in [0.4, 0.5) is 0 Å². The highest BCUT2D eigenvalue weighted by atomic mass is 32.1. The topological polar surface area (TPSA) is 9.23 Å². The second-order valence-corrected chi connectivity index (χ2v) is 4.93. The van der Waals surface area contributed by atoms with Crippen LogP contribution >= 0.6 is 12.9 Å². The molecule has 1 atom stereocenters. The molecule has 1 rings (SSSR count). The Hall–Kier alpha value is -0.630. The molecule has 0 fully saturated rings. The minimum absolute atomic E-state index is 0.295. The van der Waals surface area contributed by atoms with Crippen molar-refractivity contribution >= 4 is 12.9 Å². The van der Waals surface area contributed by atoms with Crippen LogP contribution in [0.3, 0.4) is 0 Å². The highest BCUT2D eigenvalue weighted by molar-refractivity contribution is 7.75. The fraction of sp³-hybridized carbons (Fsp3) is 0.500. The molecule has 78 valence electrons. The maximum Gasteiger partial charge on any atom is 0.137 e. The van der Waals surface area contributed by atoms with Gasteiger partial charge in [-0.3, -0.25) is 0 Å². The van der Waals surface area contributed by atoms with Crippen LogP contribution in [-0.2, 0) is 0 Å². The van der Waals surface area contributed by atoms with Crippen molar-refractivity contribution in [3.05, 3.63) is 29.8 Å². The summed E-state index contributed by atoms with van der Waals surface area (Å²) in [6, 6.07) is 8.10. The molecular weight excluding hydrogens is 192 g/mol. The second kappa shape index (κ2) is 4.26. The molecule has 0 saturated carbocycles. The lowest BCUT2D eigenvalue weighted by molar-refractivity contribution is 0.339. The van der Waals surface area contributed by atoms with Gasteiger partial charge in [0.05, 0.1) is 0 Å². The predicted octanol–water partition coefficient (Wildman–Crippen LogP) is 4.06. The summed E-state index contributed by atoms with van der Waals surface area (Å²) in [5.41, 5.74) is 1.63. The Morgan fingerprint density at radius 2 is 1.64 bits per heavy atom. The molecule has 0 aliphatic heterocycles. The van der Waals surface area contributed by atoms with Crippen LogP contribution < -0.4 is 4.18 Å². The fourth-order valence-corrected chi connectivity index (χ4v) is 1.44. The SMILES string of the molecule is CC(c1ccc(OS)cc1)C(C)(C)C. The van der Waals surface area contributed by atoms with Crippen LogP contribution in [0.5, 0.6) is 5.75 Å². The zero-order valence-corrected chi connectivity index (χ0v) is 10.1. The first-order valence-corrected chi connectivity index (χ1v) is 5.23. The van der Waals surface area contributed by atoms with Crippen molar-refractivity contribution in [2.45, 2.75) is 33.6 Å². The molecule has 0 amide bonds. The summed E-state index contributed by atoms with van der Waals surface area (Å²) < 4.78 is 4.83. The molecule has 14 heavy (non-hydrogen) atoms. The summed E-state index contributed by atoms with van der Waals surface area (Å²) in [6.07, 6.45) is 0. The van der Waals surface area contributed by atoms with Crippen LogP contribution in [0.1, 0.15) is 39.2 Å². The van der Waals surface area contributed by atoms with E-state index < -0.39 is 0 Å². The smallest absolute Gasteiger partial charge is 0.137 e. The molecule has 2 heteroatoms. The number of hydrogen-bond donors (Lipinski definition) is 1. The summed E-state index contributed by atoms with van der Waals surface area (Å²) in [6.45, 7) is 9.00. The van der Waals surface area contributed by atoms with E-state index in [2.05, 4.69) is 52.7 Å². The van der Waals surface area contributed by atoms with Crippen molar-refractivity contribution in [2.24, 2.45) is 5.41 Å². The van der Waals surface area contributed by atoms with E-state index in [0.717, 1.165) is 5.75 Å². The van der Waals surface area contributed by atoms with E-state index in [1.54, 1.807) is 0 Å². The van der Waals surface area contributed by atoms with Crippen molar-refractivity contribution < 1.29 is 4.18 Å². The van der Waals surface area contributed by atoms with Gasteiger partial charge in [-0.2, -0.15) is 0 Å². The molecule has 0 aliphatic rings. The van der Waals surface area contributed by atoms with E-state index in [0.29, 0.717) is 11.3 Å². The third kappa shape index (κ3) is 2.68. The maximum atomic E-state index is 4.83. The van der Waals surface area contributed by atoms with Gasteiger partial charge in [-0.1, -0.05) is 39.8 Å². The Labute approximate surface area is 92.1 Å². The molecule has 0 spiro atoms. The molecule has 1 unspecified atom stereocenters. The van der Waals surface area contributed by atoms with E-state index in [1.165, 1.54) is 5.56 Å². The summed E-state index contributed by atoms with van der Waals surface area (Å²) in [5.74, 6) is 1.33. The average molecular weight is 210 g/mol. The number of rotatable bonds is 2. The van der Waals surface area contributed by atoms with Crippen LogP contribution in [0, 0.1) is 5.41 Å². The average Bonchev–Trinajstić information content (AvgIpc) is 2.15. The third-order valence-electron chi connectivity index (χ3n) is 2.78. The lowest BCUT2D eigenvalue weighted by atomic mass is 9.78. The third-order valence-corrected chi connectivity index (χ3v) is 3.00. The van der Waals surface area contributed by atoms with Crippen molar-refractivity contribution in [1.29, 1.82) is 0 Å². The second-order valence-electron chi connectivity index (χ2n) is 4.75. The van der Waals surface area contributed by atoms with Crippen molar-refractivity contribution in [1.82, 2.24) is 0 Å². The Bertz CT molecular complexity index is 284. The van der Waals surface area contributed by atoms with Gasteiger partial charge < -0.3 is 4.18 Å². The van der Waals surface area contributed by atoms with Crippen LogP contribution in [0.2, 0.25) is 0 Å². The molecule has 0 heterocycles. The zero-order valence-electron chi connectivity index (χ0n) is 9.24. The lowest BCUT2D eigenvalue weighted by Gasteiger charge is -2.27. The highest BCUT2D eigenvalue weighted by Gasteiger charge is 2.21. The van der Waals surface area contributed by atoms with Gasteiger partial charge in [-0.25, -0.2) is 0 Å². The standard InChI is InChI=1S/C12H18OS/c1-9(12(2,3)4)10-5-7-11(13-14)8-6-10/h5-9,14H,1-4H3. The Balaban J connectivity index is 2.87. The van der Waals surface area contributed by atoms with E-state index in [1.807, 2.05) is 12.1 Å². The first-order chi connectivity index (χ1) is 6.45. The number of benzene rings is 1.